The number of aromatic nitrogens is 2. The zero-order valence-corrected chi connectivity index (χ0v) is 22.9. The van der Waals surface area contributed by atoms with Gasteiger partial charge in [0.05, 0.1) is 42.6 Å². The number of aryl methyl sites for hydroxylation is 2. The van der Waals surface area contributed by atoms with E-state index < -0.39 is 0 Å². The number of carbonyl (C=O) groups excluding carboxylic acids is 4. The number of nitrogens with zero attached hydrogens (tertiary/aromatic N) is 2. The van der Waals surface area contributed by atoms with Crippen LogP contribution in [0.25, 0.3) is 43.6 Å². The number of carbonyl (C=O) groups is 4. The molecule has 4 aromatic heterocycles. The molecule has 0 radical (unpaired) electrons. The monoisotopic (exact) mass is 558 g/mol. The van der Waals surface area contributed by atoms with E-state index in [2.05, 4.69) is 9.13 Å². The fourth-order valence-electron chi connectivity index (χ4n) is 5.95. The first kappa shape index (κ1) is 23.2. The largest absolute Gasteiger partial charge is 0.340 e. The summed E-state index contributed by atoms with van der Waals surface area (Å²) in [5.41, 5.74) is 6.41. The summed E-state index contributed by atoms with van der Waals surface area (Å²) < 4.78 is 6.41. The van der Waals surface area contributed by atoms with Crippen LogP contribution in [0.3, 0.4) is 0 Å². The third-order valence-electron chi connectivity index (χ3n) is 7.90. The second-order valence-electron chi connectivity index (χ2n) is 10.1. The number of allylic oxidation sites excluding steroid dienone is 2. The van der Waals surface area contributed by atoms with Gasteiger partial charge in [-0.3, -0.25) is 19.2 Å². The van der Waals surface area contributed by atoms with Crippen molar-refractivity contribution in [3.63, 3.8) is 0 Å². The van der Waals surface area contributed by atoms with E-state index in [0.29, 0.717) is 22.3 Å². The summed E-state index contributed by atoms with van der Waals surface area (Å²) in [5.74, 6) is -0.920. The van der Waals surface area contributed by atoms with Gasteiger partial charge < -0.3 is 9.13 Å². The maximum absolute atomic E-state index is 12.9. The van der Waals surface area contributed by atoms with Crippen LogP contribution >= 0.6 is 22.7 Å². The van der Waals surface area contributed by atoms with E-state index in [1.165, 1.54) is 0 Å². The van der Waals surface area contributed by atoms with Gasteiger partial charge in [-0.1, -0.05) is 48.5 Å². The molecule has 0 fully saturated rings. The Hall–Kier alpha value is -4.66. The van der Waals surface area contributed by atoms with Crippen molar-refractivity contribution in [2.75, 3.05) is 0 Å². The van der Waals surface area contributed by atoms with Crippen LogP contribution in [0.2, 0.25) is 0 Å². The minimum atomic E-state index is -0.230. The van der Waals surface area contributed by atoms with E-state index >= 15 is 0 Å². The Kier molecular flexibility index (Phi) is 4.61. The number of hydrogen-bond acceptors (Lipinski definition) is 6. The number of Topliss-reactive ketones (excluding diaryl/α,β-unsaturated/α-hetero) is 4. The lowest BCUT2D eigenvalue weighted by Crippen LogP contribution is -1.99. The lowest BCUT2D eigenvalue weighted by molar-refractivity contribution is 0.0975. The van der Waals surface area contributed by atoms with Gasteiger partial charge in [0, 0.05) is 46.1 Å². The van der Waals surface area contributed by atoms with Crippen LogP contribution < -0.4 is 0 Å². The molecule has 0 N–H and O–H groups in total. The van der Waals surface area contributed by atoms with Gasteiger partial charge in [-0.15, -0.1) is 22.7 Å². The fraction of sp³-hybridized carbons (Fsp3) is 0.0625. The normalized spacial score (nSPS) is 14.8. The summed E-state index contributed by atoms with van der Waals surface area (Å²) in [6.07, 6.45) is 3.43. The number of ketones is 4. The Bertz CT molecular complexity index is 2030. The van der Waals surface area contributed by atoms with Crippen molar-refractivity contribution in [2.45, 2.75) is 0 Å². The van der Waals surface area contributed by atoms with Gasteiger partial charge in [0.25, 0.3) is 0 Å². The van der Waals surface area contributed by atoms with E-state index in [9.17, 15) is 19.2 Å². The standard InChI is InChI=1S/C32H18N2O4S2/c1-33-23-13-15(11-21-27(35)17-7-3-4-8-18(17)28(21)36)39-31(23)26-25(33)32-24(34(26)2)14-16(40-32)12-22-29(37)19-9-5-6-10-20(19)30(22)38/h3-14H,1-2H3. The van der Waals surface area contributed by atoms with Gasteiger partial charge in [-0.2, -0.15) is 0 Å². The topological polar surface area (TPSA) is 78.1 Å². The molecule has 2 aliphatic rings. The quantitative estimate of drug-likeness (QED) is 0.172. The van der Waals surface area contributed by atoms with Crippen LogP contribution in [0.5, 0.6) is 0 Å². The summed E-state index contributed by atoms with van der Waals surface area (Å²) in [6.45, 7) is 0. The minimum Gasteiger partial charge on any atom is -0.340 e. The van der Waals surface area contributed by atoms with Gasteiger partial charge in [-0.25, -0.2) is 0 Å². The Morgan fingerprint density at radius 2 is 0.875 bits per heavy atom. The van der Waals surface area contributed by atoms with Gasteiger partial charge in [0.15, 0.2) is 23.1 Å². The molecule has 192 valence electrons. The molecule has 6 aromatic rings. The molecule has 0 amide bonds. The highest BCUT2D eigenvalue weighted by atomic mass is 32.1. The first-order valence-corrected chi connectivity index (χ1v) is 14.3. The molecule has 0 unspecified atom stereocenters. The van der Waals surface area contributed by atoms with Crippen molar-refractivity contribution >= 4 is 89.4 Å². The number of rotatable bonds is 2. The van der Waals surface area contributed by atoms with Crippen molar-refractivity contribution in [3.05, 3.63) is 104 Å². The molecule has 8 rings (SSSR count). The number of thiophene rings is 2. The van der Waals surface area contributed by atoms with Crippen molar-refractivity contribution in [1.82, 2.24) is 9.13 Å². The molecule has 2 aliphatic carbocycles. The molecule has 4 heterocycles. The fourth-order valence-corrected chi connectivity index (χ4v) is 8.38. The predicted molar refractivity (Wildman–Crippen MR) is 159 cm³/mol. The maximum atomic E-state index is 12.9. The van der Waals surface area contributed by atoms with Gasteiger partial charge in [-0.05, 0) is 24.3 Å². The molecular formula is C32H18N2O4S2. The minimum absolute atomic E-state index is 0.202. The Labute approximate surface area is 235 Å². The molecule has 0 spiro atoms. The third kappa shape index (κ3) is 2.92. The number of hydrogen-bond donors (Lipinski definition) is 0. The summed E-state index contributed by atoms with van der Waals surface area (Å²) in [5, 5.41) is 0. The van der Waals surface area contributed by atoms with Gasteiger partial charge in [0.1, 0.15) is 0 Å². The van der Waals surface area contributed by atoms with Crippen molar-refractivity contribution in [1.29, 1.82) is 0 Å². The Morgan fingerprint density at radius 3 is 1.20 bits per heavy atom. The molecule has 2 aromatic carbocycles. The number of fused-ring (bicyclic) bond motifs is 7. The number of benzene rings is 2. The van der Waals surface area contributed by atoms with Crippen LogP contribution in [-0.4, -0.2) is 32.3 Å². The zero-order chi connectivity index (χ0) is 27.4. The highest BCUT2D eigenvalue weighted by Crippen LogP contribution is 2.44. The Balaban J connectivity index is 1.23. The van der Waals surface area contributed by atoms with E-state index in [0.717, 1.165) is 41.2 Å². The molecule has 6 nitrogen and oxygen atoms in total. The summed E-state index contributed by atoms with van der Waals surface area (Å²) in [4.78, 5) is 53.3. The summed E-state index contributed by atoms with van der Waals surface area (Å²) in [6, 6.07) is 17.9. The smallest absolute Gasteiger partial charge is 0.197 e. The van der Waals surface area contributed by atoms with E-state index in [4.69, 9.17) is 0 Å². The first-order valence-electron chi connectivity index (χ1n) is 12.6. The van der Waals surface area contributed by atoms with Crippen molar-refractivity contribution < 1.29 is 19.2 Å². The highest BCUT2D eigenvalue weighted by molar-refractivity contribution is 7.22. The molecule has 0 saturated carbocycles. The van der Waals surface area contributed by atoms with Crippen LogP contribution in [0.1, 0.15) is 51.2 Å². The SMILES string of the molecule is Cn1c2cc(C=C3C(=O)c4ccccc4C3=O)sc2c2c1c1sc(C=C3C(=O)c4ccccc4C3=O)cc1n2C. The molecule has 0 atom stereocenters. The van der Waals surface area contributed by atoms with Gasteiger partial charge >= 0.3 is 0 Å². The van der Waals surface area contributed by atoms with Crippen LogP contribution in [0, 0.1) is 0 Å². The second kappa shape index (κ2) is 7.94. The predicted octanol–water partition coefficient (Wildman–Crippen LogP) is 6.87. The molecular weight excluding hydrogens is 540 g/mol. The average Bonchev–Trinajstić information content (AvgIpc) is 3.76. The molecule has 8 heteroatoms. The van der Waals surface area contributed by atoms with E-state index in [1.807, 2.05) is 26.2 Å². The third-order valence-corrected chi connectivity index (χ3v) is 10.1. The molecule has 0 saturated heterocycles. The molecule has 0 aliphatic heterocycles. The van der Waals surface area contributed by atoms with Crippen LogP contribution in [0.4, 0.5) is 0 Å². The molecule has 0 bridgehead atoms. The van der Waals surface area contributed by atoms with Gasteiger partial charge in [0.2, 0.25) is 0 Å². The lowest BCUT2D eigenvalue weighted by atomic mass is 10.1. The summed E-state index contributed by atoms with van der Waals surface area (Å²) >= 11 is 3.11. The molecule has 40 heavy (non-hydrogen) atoms. The Morgan fingerprint density at radius 1 is 0.550 bits per heavy atom. The average molecular weight is 559 g/mol. The first-order chi connectivity index (χ1) is 19.3. The van der Waals surface area contributed by atoms with Crippen molar-refractivity contribution in [3.8, 4) is 0 Å². The van der Waals surface area contributed by atoms with E-state index in [1.54, 1.807) is 83.4 Å². The summed E-state index contributed by atoms with van der Waals surface area (Å²) in [7, 11) is 4.02. The maximum Gasteiger partial charge on any atom is 0.197 e. The van der Waals surface area contributed by atoms with Crippen LogP contribution in [-0.2, 0) is 14.1 Å². The van der Waals surface area contributed by atoms with Crippen LogP contribution in [0.15, 0.2) is 71.8 Å². The second-order valence-corrected chi connectivity index (χ2v) is 12.2. The lowest BCUT2D eigenvalue weighted by Gasteiger charge is -1.96. The van der Waals surface area contributed by atoms with E-state index in [-0.39, 0.29) is 34.3 Å². The zero-order valence-electron chi connectivity index (χ0n) is 21.3. The highest BCUT2D eigenvalue weighted by Gasteiger charge is 2.34. The van der Waals surface area contributed by atoms with Crippen molar-refractivity contribution in [2.24, 2.45) is 14.1 Å².